The van der Waals surface area contributed by atoms with Gasteiger partial charge in [-0.15, -0.1) is 0 Å². The van der Waals surface area contributed by atoms with Gasteiger partial charge in [0.05, 0.1) is 0 Å². The molecule has 1 atom stereocenters. The minimum atomic E-state index is -1.63. The highest BCUT2D eigenvalue weighted by molar-refractivity contribution is 6.05. The van der Waals surface area contributed by atoms with Crippen molar-refractivity contribution in [2.75, 3.05) is 13.7 Å². The Kier molecular flexibility index (Phi) is 2.32. The Morgan fingerprint density at radius 3 is 2.58 bits per heavy atom. The molecule has 5 heteroatoms. The summed E-state index contributed by atoms with van der Waals surface area (Å²) in [6.07, 6.45) is 0.863. The number of carboxylic acids is 1. The molecule has 0 spiro atoms. The molecular formula is C7H11NO4. The zero-order valence-electron chi connectivity index (χ0n) is 6.79. The summed E-state index contributed by atoms with van der Waals surface area (Å²) in [6.45, 7) is 0.333. The Morgan fingerprint density at radius 1 is 1.58 bits per heavy atom. The molecule has 0 aliphatic carbocycles. The molecule has 0 radical (unpaired) electrons. The molecule has 1 unspecified atom stereocenters. The van der Waals surface area contributed by atoms with Crippen molar-refractivity contribution in [3.8, 4) is 0 Å². The maximum atomic E-state index is 11.2. The summed E-state index contributed by atoms with van der Waals surface area (Å²) >= 11 is 0. The summed E-state index contributed by atoms with van der Waals surface area (Å²) in [7, 11) is 1.40. The van der Waals surface area contributed by atoms with Crippen LogP contribution < -0.4 is 5.32 Å². The lowest BCUT2D eigenvalue weighted by Gasteiger charge is -2.20. The number of hydrogen-bond donors (Lipinski definition) is 2. The molecule has 5 nitrogen and oxygen atoms in total. The Bertz CT molecular complexity index is 207. The van der Waals surface area contributed by atoms with Crippen LogP contribution in [-0.4, -0.2) is 36.2 Å². The second kappa shape index (κ2) is 3.10. The van der Waals surface area contributed by atoms with Crippen molar-refractivity contribution in [3.63, 3.8) is 0 Å². The van der Waals surface area contributed by atoms with E-state index in [2.05, 4.69) is 5.32 Å². The minimum Gasteiger partial charge on any atom is -0.479 e. The molecule has 0 aromatic carbocycles. The third-order valence-corrected chi connectivity index (χ3v) is 1.96. The topological polar surface area (TPSA) is 75.6 Å². The van der Waals surface area contributed by atoms with Crippen molar-refractivity contribution in [1.82, 2.24) is 5.32 Å². The molecule has 1 rings (SSSR count). The first-order chi connectivity index (χ1) is 5.63. The van der Waals surface area contributed by atoms with Crippen LogP contribution in [0.4, 0.5) is 0 Å². The largest absolute Gasteiger partial charge is 0.479 e. The number of hydrogen-bond acceptors (Lipinski definition) is 3. The van der Waals surface area contributed by atoms with E-state index < -0.39 is 17.5 Å². The highest BCUT2D eigenvalue weighted by Crippen LogP contribution is 2.25. The molecule has 1 aliphatic heterocycles. The van der Waals surface area contributed by atoms with Gasteiger partial charge in [-0.25, -0.2) is 4.79 Å². The SMILES string of the molecule is CNC(=O)C1(C(=O)O)CCCO1. The van der Waals surface area contributed by atoms with Gasteiger partial charge in [0.15, 0.2) is 0 Å². The van der Waals surface area contributed by atoms with Crippen LogP contribution in [0.25, 0.3) is 0 Å². The van der Waals surface area contributed by atoms with Crippen LogP contribution in [0.5, 0.6) is 0 Å². The number of carboxylic acid groups (broad SMARTS) is 1. The van der Waals surface area contributed by atoms with Gasteiger partial charge in [0.25, 0.3) is 5.91 Å². The van der Waals surface area contributed by atoms with Crippen molar-refractivity contribution < 1.29 is 19.4 Å². The van der Waals surface area contributed by atoms with Gasteiger partial charge in [0, 0.05) is 13.7 Å². The molecule has 1 saturated heterocycles. The second-order valence-corrected chi connectivity index (χ2v) is 2.66. The first-order valence-corrected chi connectivity index (χ1v) is 3.73. The molecule has 68 valence electrons. The van der Waals surface area contributed by atoms with Crippen LogP contribution in [0.3, 0.4) is 0 Å². The molecular weight excluding hydrogens is 162 g/mol. The van der Waals surface area contributed by atoms with Crippen LogP contribution in [0.15, 0.2) is 0 Å². The van der Waals surface area contributed by atoms with E-state index in [1.807, 2.05) is 0 Å². The molecule has 0 aromatic rings. The standard InChI is InChI=1S/C7H11NO4/c1-8-5(9)7(6(10)11)3-2-4-12-7/h2-4H2,1H3,(H,8,9)(H,10,11). The number of rotatable bonds is 2. The molecule has 2 N–H and O–H groups in total. The first kappa shape index (κ1) is 8.99. The number of ether oxygens (including phenoxy) is 1. The van der Waals surface area contributed by atoms with Crippen molar-refractivity contribution in [2.45, 2.75) is 18.4 Å². The van der Waals surface area contributed by atoms with Gasteiger partial charge in [-0.1, -0.05) is 0 Å². The summed E-state index contributed by atoms with van der Waals surface area (Å²) in [5.41, 5.74) is -1.63. The fraction of sp³-hybridized carbons (Fsp3) is 0.714. The predicted octanol–water partition coefficient (Wildman–Crippen LogP) is -0.634. The van der Waals surface area contributed by atoms with E-state index in [4.69, 9.17) is 9.84 Å². The van der Waals surface area contributed by atoms with E-state index in [0.717, 1.165) is 0 Å². The van der Waals surface area contributed by atoms with Crippen molar-refractivity contribution in [2.24, 2.45) is 0 Å². The van der Waals surface area contributed by atoms with Crippen LogP contribution in [-0.2, 0) is 14.3 Å². The lowest BCUT2D eigenvalue weighted by Crippen LogP contribution is -2.51. The van der Waals surface area contributed by atoms with Crippen molar-refractivity contribution >= 4 is 11.9 Å². The van der Waals surface area contributed by atoms with Crippen molar-refractivity contribution in [3.05, 3.63) is 0 Å². The average molecular weight is 173 g/mol. The van der Waals surface area contributed by atoms with Gasteiger partial charge >= 0.3 is 5.97 Å². The maximum Gasteiger partial charge on any atom is 0.345 e. The van der Waals surface area contributed by atoms with Crippen LogP contribution >= 0.6 is 0 Å². The number of likely N-dealkylation sites (N-methyl/N-ethyl adjacent to an activating group) is 1. The number of carbonyl (C=O) groups is 2. The molecule has 1 aliphatic rings. The Labute approximate surface area is 69.7 Å². The lowest BCUT2D eigenvalue weighted by molar-refractivity contribution is -0.167. The Hall–Kier alpha value is -1.10. The zero-order valence-corrected chi connectivity index (χ0v) is 6.79. The fourth-order valence-corrected chi connectivity index (χ4v) is 1.29. The number of nitrogens with one attached hydrogen (secondary N) is 1. The molecule has 12 heavy (non-hydrogen) atoms. The van der Waals surface area contributed by atoms with Crippen LogP contribution in [0, 0.1) is 0 Å². The molecule has 0 bridgehead atoms. The molecule has 0 saturated carbocycles. The van der Waals surface area contributed by atoms with Gasteiger partial charge in [-0.2, -0.15) is 0 Å². The van der Waals surface area contributed by atoms with Gasteiger partial charge in [-0.3, -0.25) is 4.79 Å². The van der Waals surface area contributed by atoms with Crippen LogP contribution in [0.2, 0.25) is 0 Å². The van der Waals surface area contributed by atoms with Gasteiger partial charge in [0.2, 0.25) is 5.60 Å². The minimum absolute atomic E-state index is 0.252. The number of carbonyl (C=O) groups excluding carboxylic acids is 1. The molecule has 1 fully saturated rings. The van der Waals surface area contributed by atoms with E-state index >= 15 is 0 Å². The second-order valence-electron chi connectivity index (χ2n) is 2.66. The summed E-state index contributed by atoms with van der Waals surface area (Å²) < 4.78 is 4.94. The van der Waals surface area contributed by atoms with Crippen molar-refractivity contribution in [1.29, 1.82) is 0 Å². The van der Waals surface area contributed by atoms with Gasteiger partial charge in [-0.05, 0) is 12.8 Å². The summed E-state index contributed by atoms with van der Waals surface area (Å²) in [6, 6.07) is 0. The van der Waals surface area contributed by atoms with Gasteiger partial charge in [0.1, 0.15) is 0 Å². The smallest absolute Gasteiger partial charge is 0.345 e. The fourth-order valence-electron chi connectivity index (χ4n) is 1.29. The van der Waals surface area contributed by atoms with E-state index in [9.17, 15) is 9.59 Å². The van der Waals surface area contributed by atoms with E-state index in [0.29, 0.717) is 13.0 Å². The normalized spacial score (nSPS) is 28.4. The first-order valence-electron chi connectivity index (χ1n) is 3.73. The summed E-state index contributed by atoms with van der Waals surface area (Å²) in [4.78, 5) is 21.9. The quantitative estimate of drug-likeness (QED) is 0.545. The summed E-state index contributed by atoms with van der Waals surface area (Å²) in [5.74, 6) is -1.79. The predicted molar refractivity (Wildman–Crippen MR) is 39.6 cm³/mol. The summed E-state index contributed by atoms with van der Waals surface area (Å²) in [5, 5.41) is 11.1. The zero-order chi connectivity index (χ0) is 9.19. The lowest BCUT2D eigenvalue weighted by atomic mass is 10.00. The molecule has 1 heterocycles. The monoisotopic (exact) mass is 173 g/mol. The van der Waals surface area contributed by atoms with E-state index in [-0.39, 0.29) is 6.42 Å². The van der Waals surface area contributed by atoms with Crippen LogP contribution in [0.1, 0.15) is 12.8 Å². The van der Waals surface area contributed by atoms with E-state index in [1.54, 1.807) is 0 Å². The average Bonchev–Trinajstić information content (AvgIpc) is 2.52. The Balaban J connectivity index is 2.86. The Morgan fingerprint density at radius 2 is 2.25 bits per heavy atom. The maximum absolute atomic E-state index is 11.2. The third kappa shape index (κ3) is 1.16. The molecule has 1 amide bonds. The number of aliphatic carboxylic acids is 1. The van der Waals surface area contributed by atoms with Gasteiger partial charge < -0.3 is 15.2 Å². The third-order valence-electron chi connectivity index (χ3n) is 1.96. The van der Waals surface area contributed by atoms with E-state index in [1.165, 1.54) is 7.05 Å². The number of amides is 1. The highest BCUT2D eigenvalue weighted by Gasteiger charge is 2.49. The molecule has 0 aromatic heterocycles. The highest BCUT2D eigenvalue weighted by atomic mass is 16.5.